The van der Waals surface area contributed by atoms with Crippen LogP contribution in [-0.4, -0.2) is 66.7 Å². The predicted octanol–water partition coefficient (Wildman–Crippen LogP) is 3.20. The molecule has 2 aromatic carbocycles. The molecule has 2 N–H and O–H groups in total. The zero-order valence-electron chi connectivity index (χ0n) is 20.6. The first-order valence-corrected chi connectivity index (χ1v) is 12.4. The van der Waals surface area contributed by atoms with Gasteiger partial charge in [-0.1, -0.05) is 24.3 Å². The fourth-order valence-corrected chi connectivity index (χ4v) is 3.97. The second-order valence-electron chi connectivity index (χ2n) is 8.58. The number of urea groups is 1. The van der Waals surface area contributed by atoms with E-state index in [1.54, 1.807) is 18.2 Å². The molecule has 0 atom stereocenters. The van der Waals surface area contributed by atoms with E-state index < -0.39 is 0 Å². The van der Waals surface area contributed by atoms with Crippen molar-refractivity contribution < 1.29 is 14.3 Å². The number of carbonyl (C=O) groups is 1. The van der Waals surface area contributed by atoms with Crippen molar-refractivity contribution in [1.82, 2.24) is 20.0 Å². The number of aromatic nitrogens is 2. The fourth-order valence-electron chi connectivity index (χ4n) is 3.97. The minimum absolute atomic E-state index is 0.182. The average Bonchev–Trinajstić information content (AvgIpc) is 2.90. The van der Waals surface area contributed by atoms with Gasteiger partial charge in [-0.3, -0.25) is 9.69 Å². The lowest BCUT2D eigenvalue weighted by molar-refractivity contribution is 0.0358. The molecule has 0 saturated carbocycles. The number of anilines is 1. The second kappa shape index (κ2) is 12.9. The third-order valence-corrected chi connectivity index (χ3v) is 5.87. The number of amides is 2. The molecular formula is C27H33N5O4. The molecule has 3 aromatic rings. The van der Waals surface area contributed by atoms with E-state index >= 15 is 0 Å². The standard InChI is InChI=1S/C27H33N5O4/c1-2-28-27(34)29-23-9-7-21(8-10-23)20-32-26(33)12-11-25(30-32)22-5-3-6-24(19-22)36-16-4-13-31-14-17-35-18-15-31/h3,5-12,19H,2,4,13-18,20H2,1H3,(H2,28,29,34). The van der Waals surface area contributed by atoms with Crippen molar-refractivity contribution in [1.29, 1.82) is 0 Å². The van der Waals surface area contributed by atoms with Gasteiger partial charge in [-0.25, -0.2) is 9.48 Å². The monoisotopic (exact) mass is 491 g/mol. The number of hydrogen-bond acceptors (Lipinski definition) is 6. The Hall–Kier alpha value is -3.69. The summed E-state index contributed by atoms with van der Waals surface area (Å²) < 4.78 is 12.8. The molecule has 9 heteroatoms. The normalized spacial score (nSPS) is 13.8. The van der Waals surface area contributed by atoms with Gasteiger partial charge in [0, 0.05) is 43.5 Å². The maximum absolute atomic E-state index is 12.5. The Morgan fingerprint density at radius 1 is 1.08 bits per heavy atom. The van der Waals surface area contributed by atoms with Crippen LogP contribution >= 0.6 is 0 Å². The Kier molecular flexibility index (Phi) is 9.07. The Balaban J connectivity index is 1.36. The first kappa shape index (κ1) is 25.4. The quantitative estimate of drug-likeness (QED) is 0.423. The highest BCUT2D eigenvalue weighted by Gasteiger charge is 2.10. The van der Waals surface area contributed by atoms with Gasteiger partial charge in [-0.15, -0.1) is 0 Å². The van der Waals surface area contributed by atoms with Crippen LogP contribution in [0.4, 0.5) is 10.5 Å². The van der Waals surface area contributed by atoms with Crippen molar-refractivity contribution in [2.45, 2.75) is 19.9 Å². The van der Waals surface area contributed by atoms with Crippen molar-refractivity contribution in [2.75, 3.05) is 51.3 Å². The lowest BCUT2D eigenvalue weighted by Gasteiger charge is -2.26. The van der Waals surface area contributed by atoms with E-state index in [-0.39, 0.29) is 11.6 Å². The number of nitrogens with zero attached hydrogens (tertiary/aromatic N) is 3. The van der Waals surface area contributed by atoms with Crippen LogP contribution in [0, 0.1) is 0 Å². The third-order valence-electron chi connectivity index (χ3n) is 5.87. The van der Waals surface area contributed by atoms with Crippen molar-refractivity contribution in [3.63, 3.8) is 0 Å². The maximum atomic E-state index is 12.5. The molecule has 1 aliphatic rings. The van der Waals surface area contributed by atoms with Gasteiger partial charge in [0.05, 0.1) is 32.1 Å². The largest absolute Gasteiger partial charge is 0.494 e. The molecule has 2 amide bonds. The minimum Gasteiger partial charge on any atom is -0.494 e. The molecule has 0 spiro atoms. The summed E-state index contributed by atoms with van der Waals surface area (Å²) >= 11 is 0. The predicted molar refractivity (Wildman–Crippen MR) is 140 cm³/mol. The van der Waals surface area contributed by atoms with Gasteiger partial charge in [-0.2, -0.15) is 5.10 Å². The number of rotatable bonds is 10. The van der Waals surface area contributed by atoms with Gasteiger partial charge < -0.3 is 20.1 Å². The van der Waals surface area contributed by atoms with E-state index in [9.17, 15) is 9.59 Å². The number of morpholine rings is 1. The molecule has 0 radical (unpaired) electrons. The van der Waals surface area contributed by atoms with Gasteiger partial charge in [0.1, 0.15) is 5.75 Å². The van der Waals surface area contributed by atoms with Gasteiger partial charge >= 0.3 is 6.03 Å². The van der Waals surface area contributed by atoms with Crippen LogP contribution in [0.25, 0.3) is 11.3 Å². The summed E-state index contributed by atoms with van der Waals surface area (Å²) in [5.41, 5.74) is 2.98. The Bertz CT molecular complexity index is 1190. The van der Waals surface area contributed by atoms with E-state index in [1.807, 2.05) is 43.3 Å². The summed E-state index contributed by atoms with van der Waals surface area (Å²) in [5.74, 6) is 0.782. The molecular weight excluding hydrogens is 458 g/mol. The fraction of sp³-hybridized carbons (Fsp3) is 0.370. The SMILES string of the molecule is CCNC(=O)Nc1ccc(Cn2nc(-c3cccc(OCCCN4CCOCC4)c3)ccc2=O)cc1. The molecule has 190 valence electrons. The van der Waals surface area contributed by atoms with Gasteiger partial charge in [-0.05, 0) is 49.2 Å². The van der Waals surface area contributed by atoms with Crippen LogP contribution in [-0.2, 0) is 11.3 Å². The van der Waals surface area contributed by atoms with Crippen LogP contribution in [0.5, 0.6) is 5.75 Å². The molecule has 0 bridgehead atoms. The molecule has 4 rings (SSSR count). The number of benzene rings is 2. The van der Waals surface area contributed by atoms with Crippen LogP contribution in [0.2, 0.25) is 0 Å². The van der Waals surface area contributed by atoms with E-state index in [1.165, 1.54) is 10.7 Å². The first-order chi connectivity index (χ1) is 17.6. The lowest BCUT2D eigenvalue weighted by Crippen LogP contribution is -2.37. The summed E-state index contributed by atoms with van der Waals surface area (Å²) in [4.78, 5) is 26.5. The summed E-state index contributed by atoms with van der Waals surface area (Å²) in [7, 11) is 0. The molecule has 2 heterocycles. The second-order valence-corrected chi connectivity index (χ2v) is 8.58. The van der Waals surface area contributed by atoms with Crippen LogP contribution in [0.1, 0.15) is 18.9 Å². The van der Waals surface area contributed by atoms with Gasteiger partial charge in [0.15, 0.2) is 0 Å². The van der Waals surface area contributed by atoms with Gasteiger partial charge in [0.25, 0.3) is 5.56 Å². The molecule has 9 nitrogen and oxygen atoms in total. The third kappa shape index (κ3) is 7.40. The van der Waals surface area contributed by atoms with Crippen molar-refractivity contribution in [3.8, 4) is 17.0 Å². The highest BCUT2D eigenvalue weighted by atomic mass is 16.5. The number of carbonyl (C=O) groups excluding carboxylic acids is 1. The topological polar surface area (TPSA) is 97.7 Å². The number of nitrogens with one attached hydrogen (secondary N) is 2. The zero-order chi connectivity index (χ0) is 25.2. The summed E-state index contributed by atoms with van der Waals surface area (Å²) in [6.45, 7) is 7.94. The zero-order valence-corrected chi connectivity index (χ0v) is 20.6. The van der Waals surface area contributed by atoms with E-state index in [0.717, 1.165) is 56.1 Å². The van der Waals surface area contributed by atoms with E-state index in [0.29, 0.717) is 31.1 Å². The minimum atomic E-state index is -0.251. The molecule has 0 unspecified atom stereocenters. The lowest BCUT2D eigenvalue weighted by atomic mass is 10.1. The highest BCUT2D eigenvalue weighted by Crippen LogP contribution is 2.22. The van der Waals surface area contributed by atoms with Crippen molar-refractivity contribution in [2.24, 2.45) is 0 Å². The molecule has 1 fully saturated rings. The van der Waals surface area contributed by atoms with Gasteiger partial charge in [0.2, 0.25) is 0 Å². The average molecular weight is 492 g/mol. The summed E-state index contributed by atoms with van der Waals surface area (Å²) in [5, 5.41) is 10.0. The number of ether oxygens (including phenoxy) is 2. The molecule has 0 aliphatic carbocycles. The molecule has 1 saturated heterocycles. The molecule has 1 aliphatic heterocycles. The molecule has 36 heavy (non-hydrogen) atoms. The maximum Gasteiger partial charge on any atom is 0.319 e. The van der Waals surface area contributed by atoms with Crippen molar-refractivity contribution >= 4 is 11.7 Å². The van der Waals surface area contributed by atoms with E-state index in [4.69, 9.17) is 9.47 Å². The Morgan fingerprint density at radius 3 is 2.67 bits per heavy atom. The summed E-state index contributed by atoms with van der Waals surface area (Å²) in [6.07, 6.45) is 0.949. The Morgan fingerprint density at radius 2 is 1.89 bits per heavy atom. The summed E-state index contributed by atoms with van der Waals surface area (Å²) in [6, 6.07) is 18.1. The smallest absolute Gasteiger partial charge is 0.319 e. The van der Waals surface area contributed by atoms with Crippen LogP contribution < -0.4 is 20.9 Å². The van der Waals surface area contributed by atoms with Crippen LogP contribution in [0.3, 0.4) is 0 Å². The van der Waals surface area contributed by atoms with Crippen molar-refractivity contribution in [3.05, 3.63) is 76.6 Å². The Labute approximate surface area is 211 Å². The number of hydrogen-bond donors (Lipinski definition) is 2. The molecule has 1 aromatic heterocycles. The van der Waals surface area contributed by atoms with Crippen LogP contribution in [0.15, 0.2) is 65.5 Å². The highest BCUT2D eigenvalue weighted by molar-refractivity contribution is 5.89. The first-order valence-electron chi connectivity index (χ1n) is 12.4. The van der Waals surface area contributed by atoms with E-state index in [2.05, 4.69) is 20.6 Å².